The van der Waals surface area contributed by atoms with Gasteiger partial charge in [0.15, 0.2) is 0 Å². The van der Waals surface area contributed by atoms with Crippen LogP contribution in [0.2, 0.25) is 0 Å². The molecule has 0 radical (unpaired) electrons. The van der Waals surface area contributed by atoms with Crippen molar-refractivity contribution in [2.75, 3.05) is 6.61 Å². The summed E-state index contributed by atoms with van der Waals surface area (Å²) in [6.45, 7) is -0.0279. The van der Waals surface area contributed by atoms with Crippen LogP contribution in [0.1, 0.15) is 19.3 Å². The highest BCUT2D eigenvalue weighted by Crippen LogP contribution is 2.30. The minimum absolute atomic E-state index is 0.0168. The summed E-state index contributed by atoms with van der Waals surface area (Å²) in [6.07, 6.45) is 1.76. The Labute approximate surface area is 80.4 Å². The van der Waals surface area contributed by atoms with Gasteiger partial charge in [-0.25, -0.2) is 0 Å². The highest BCUT2D eigenvalue weighted by molar-refractivity contribution is 5.94. The van der Waals surface area contributed by atoms with Crippen molar-refractivity contribution in [2.45, 2.75) is 19.3 Å². The maximum atomic E-state index is 11.1. The normalized spacial score (nSPS) is 26.1. The van der Waals surface area contributed by atoms with E-state index in [0.717, 1.165) is 12.8 Å². The molecule has 1 unspecified atom stereocenters. The van der Waals surface area contributed by atoms with Crippen molar-refractivity contribution >= 4 is 17.9 Å². The van der Waals surface area contributed by atoms with Gasteiger partial charge in [0.1, 0.15) is 12.5 Å². The Morgan fingerprint density at radius 1 is 1.43 bits per heavy atom. The van der Waals surface area contributed by atoms with E-state index in [1.807, 2.05) is 0 Å². The Hall–Kier alpha value is -1.39. The van der Waals surface area contributed by atoms with Gasteiger partial charge >= 0.3 is 17.9 Å². The molecule has 1 aliphatic heterocycles. The molecule has 1 aliphatic carbocycles. The molecule has 14 heavy (non-hydrogen) atoms. The lowest BCUT2D eigenvalue weighted by atomic mass is 10.1. The van der Waals surface area contributed by atoms with E-state index in [2.05, 4.69) is 4.74 Å². The van der Waals surface area contributed by atoms with Crippen LogP contribution < -0.4 is 0 Å². The number of cyclic esters (lactones) is 2. The first-order valence-corrected chi connectivity index (χ1v) is 4.58. The number of hydrogen-bond acceptors (Lipinski definition) is 5. The van der Waals surface area contributed by atoms with Gasteiger partial charge in [0.2, 0.25) is 0 Å². The first-order chi connectivity index (χ1) is 6.66. The summed E-state index contributed by atoms with van der Waals surface area (Å²) in [5.41, 5.74) is 0. The molecular weight excluding hydrogens is 188 g/mol. The molecule has 0 aromatic carbocycles. The second-order valence-corrected chi connectivity index (χ2v) is 3.60. The summed E-state index contributed by atoms with van der Waals surface area (Å²) in [4.78, 5) is 32.7. The van der Waals surface area contributed by atoms with Gasteiger partial charge in [0.25, 0.3) is 0 Å². The predicted octanol–water partition coefficient (Wildman–Crippen LogP) is 0.0293. The van der Waals surface area contributed by atoms with E-state index in [4.69, 9.17) is 4.74 Å². The van der Waals surface area contributed by atoms with Gasteiger partial charge in [-0.1, -0.05) is 0 Å². The summed E-state index contributed by atoms with van der Waals surface area (Å²) >= 11 is 0. The van der Waals surface area contributed by atoms with Crippen molar-refractivity contribution in [2.24, 2.45) is 11.8 Å². The van der Waals surface area contributed by atoms with Crippen LogP contribution in [-0.4, -0.2) is 24.5 Å². The Bertz CT molecular complexity index is 292. The third-order valence-electron chi connectivity index (χ3n) is 2.30. The molecule has 1 atom stereocenters. The van der Waals surface area contributed by atoms with Crippen LogP contribution in [0.5, 0.6) is 0 Å². The lowest BCUT2D eigenvalue weighted by molar-refractivity contribution is -0.154. The number of esters is 3. The second kappa shape index (κ2) is 3.40. The fraction of sp³-hybridized carbons (Fsp3) is 0.667. The maximum absolute atomic E-state index is 11.1. The molecule has 0 amide bonds. The molecule has 0 aromatic heterocycles. The van der Waals surface area contributed by atoms with Crippen LogP contribution in [0.4, 0.5) is 0 Å². The highest BCUT2D eigenvalue weighted by Gasteiger charge is 2.36. The van der Waals surface area contributed by atoms with Crippen molar-refractivity contribution in [3.8, 4) is 0 Å². The van der Waals surface area contributed by atoms with E-state index in [1.54, 1.807) is 0 Å². The summed E-state index contributed by atoms with van der Waals surface area (Å²) in [6, 6.07) is 0. The average Bonchev–Trinajstić information content (AvgIpc) is 2.90. The zero-order chi connectivity index (χ0) is 10.1. The Kier molecular flexibility index (Phi) is 2.23. The maximum Gasteiger partial charge on any atom is 0.320 e. The average molecular weight is 198 g/mol. The fourth-order valence-electron chi connectivity index (χ4n) is 1.27. The molecule has 76 valence electrons. The summed E-state index contributed by atoms with van der Waals surface area (Å²) in [5, 5.41) is 0. The summed E-state index contributed by atoms with van der Waals surface area (Å²) in [7, 11) is 0. The van der Waals surface area contributed by atoms with Gasteiger partial charge in [0, 0.05) is 0 Å². The first kappa shape index (κ1) is 9.18. The van der Waals surface area contributed by atoms with Crippen molar-refractivity contribution < 1.29 is 23.9 Å². The molecule has 0 N–H and O–H groups in total. The lowest BCUT2D eigenvalue weighted by Gasteiger charge is -2.05. The van der Waals surface area contributed by atoms with Gasteiger partial charge in [0.05, 0.1) is 12.3 Å². The van der Waals surface area contributed by atoms with Crippen molar-refractivity contribution in [3.05, 3.63) is 0 Å². The van der Waals surface area contributed by atoms with Crippen LogP contribution >= 0.6 is 0 Å². The minimum Gasteiger partial charge on any atom is -0.465 e. The Morgan fingerprint density at radius 3 is 2.64 bits per heavy atom. The SMILES string of the molecule is O=C1CC(COC(=O)C2CC2)C(=O)O1. The van der Waals surface area contributed by atoms with Crippen LogP contribution in [0, 0.1) is 11.8 Å². The summed E-state index contributed by atoms with van der Waals surface area (Å²) in [5.74, 6) is -1.97. The van der Waals surface area contributed by atoms with Gasteiger partial charge in [-0.3, -0.25) is 14.4 Å². The smallest absolute Gasteiger partial charge is 0.320 e. The molecule has 0 aromatic rings. The highest BCUT2D eigenvalue weighted by atomic mass is 16.6. The first-order valence-electron chi connectivity index (χ1n) is 4.58. The van der Waals surface area contributed by atoms with E-state index in [9.17, 15) is 14.4 Å². The van der Waals surface area contributed by atoms with Crippen molar-refractivity contribution in [3.63, 3.8) is 0 Å². The van der Waals surface area contributed by atoms with Gasteiger partial charge in [-0.05, 0) is 12.8 Å². The van der Waals surface area contributed by atoms with E-state index in [1.165, 1.54) is 0 Å². The minimum atomic E-state index is -0.592. The van der Waals surface area contributed by atoms with Crippen LogP contribution in [0.15, 0.2) is 0 Å². The lowest BCUT2D eigenvalue weighted by Crippen LogP contribution is -2.18. The zero-order valence-corrected chi connectivity index (χ0v) is 7.52. The second-order valence-electron chi connectivity index (χ2n) is 3.60. The molecule has 5 heteroatoms. The standard InChI is InChI=1S/C9H10O5/c10-7-3-6(9(12)14-7)4-13-8(11)5-1-2-5/h5-6H,1-4H2. The molecule has 1 saturated carbocycles. The van der Waals surface area contributed by atoms with E-state index in [0.29, 0.717) is 0 Å². The molecule has 1 saturated heterocycles. The summed E-state index contributed by atoms with van der Waals surface area (Å²) < 4.78 is 9.19. The quantitative estimate of drug-likeness (QED) is 0.472. The molecule has 5 nitrogen and oxygen atoms in total. The Morgan fingerprint density at radius 2 is 2.14 bits per heavy atom. The number of ether oxygens (including phenoxy) is 2. The topological polar surface area (TPSA) is 69.7 Å². The van der Waals surface area contributed by atoms with Gasteiger partial charge in [-0.15, -0.1) is 0 Å². The molecule has 0 spiro atoms. The number of carbonyl (C=O) groups excluding carboxylic acids is 3. The number of hydrogen-bond donors (Lipinski definition) is 0. The predicted molar refractivity (Wildman–Crippen MR) is 42.9 cm³/mol. The van der Waals surface area contributed by atoms with Crippen LogP contribution in [0.3, 0.4) is 0 Å². The Balaban J connectivity index is 1.77. The fourth-order valence-corrected chi connectivity index (χ4v) is 1.27. The van der Waals surface area contributed by atoms with Crippen molar-refractivity contribution in [1.82, 2.24) is 0 Å². The third-order valence-corrected chi connectivity index (χ3v) is 2.30. The molecule has 2 rings (SSSR count). The van der Waals surface area contributed by atoms with E-state index < -0.39 is 17.9 Å². The number of carbonyl (C=O) groups is 3. The zero-order valence-electron chi connectivity index (χ0n) is 7.52. The monoisotopic (exact) mass is 198 g/mol. The van der Waals surface area contributed by atoms with Gasteiger partial charge < -0.3 is 9.47 Å². The molecule has 2 fully saturated rings. The molecular formula is C9H10O5. The van der Waals surface area contributed by atoms with Crippen molar-refractivity contribution in [1.29, 1.82) is 0 Å². The number of rotatable bonds is 3. The van der Waals surface area contributed by atoms with Crippen LogP contribution in [0.25, 0.3) is 0 Å². The molecule has 2 aliphatic rings. The largest absolute Gasteiger partial charge is 0.465 e. The molecule has 1 heterocycles. The molecule has 0 bridgehead atoms. The third kappa shape index (κ3) is 1.92. The van der Waals surface area contributed by atoms with Crippen LogP contribution in [-0.2, 0) is 23.9 Å². The van der Waals surface area contributed by atoms with E-state index >= 15 is 0 Å². The van der Waals surface area contributed by atoms with Gasteiger partial charge in [-0.2, -0.15) is 0 Å². The van der Waals surface area contributed by atoms with E-state index in [-0.39, 0.29) is 24.9 Å².